The monoisotopic (exact) mass is 496 g/mol. The molecule has 1 aromatic heterocycles. The fourth-order valence-corrected chi connectivity index (χ4v) is 4.84. The molecule has 3 aromatic carbocycles. The maximum Gasteiger partial charge on any atom is 0.273 e. The number of nitrogens with one attached hydrogen (secondary N) is 1. The van der Waals surface area contributed by atoms with Crippen LogP contribution in [0.2, 0.25) is 0 Å². The van der Waals surface area contributed by atoms with Crippen LogP contribution in [-0.4, -0.2) is 15.4 Å². The number of anilines is 1. The molecule has 8 nitrogen and oxygen atoms in total. The Morgan fingerprint density at radius 3 is 2.28 bits per heavy atom. The van der Waals surface area contributed by atoms with Crippen molar-refractivity contribution in [2.75, 3.05) is 5.32 Å². The van der Waals surface area contributed by atoms with Crippen LogP contribution in [0.5, 0.6) is 0 Å². The van der Waals surface area contributed by atoms with Crippen molar-refractivity contribution in [2.45, 2.75) is 13.8 Å². The van der Waals surface area contributed by atoms with Gasteiger partial charge in [-0.3, -0.25) is 24.3 Å². The lowest BCUT2D eigenvalue weighted by Gasteiger charge is -2.07. The lowest BCUT2D eigenvalue weighted by atomic mass is 10.1. The standard InChI is InChI=1S/C27H20N4O4S/c1-17-12-18(2)14-20(13-17)29-25(32)23(16-28)27-30(21-6-4-3-5-7-21)26(33)24(36-27)15-19-8-10-22(11-9-19)31(34)35/h3-15H,1-2H3,(H,29,32)/b24-15+,27-23+. The Kier molecular flexibility index (Phi) is 6.90. The van der Waals surface area contributed by atoms with Gasteiger partial charge in [0.15, 0.2) is 5.57 Å². The van der Waals surface area contributed by atoms with Gasteiger partial charge in [0, 0.05) is 17.8 Å². The molecule has 0 radical (unpaired) electrons. The Balaban J connectivity index is 1.92. The number of thiazole rings is 1. The first-order chi connectivity index (χ1) is 17.3. The summed E-state index contributed by atoms with van der Waals surface area (Å²) in [6.07, 6.45) is 1.58. The summed E-state index contributed by atoms with van der Waals surface area (Å²) in [7, 11) is 0. The van der Waals surface area contributed by atoms with Gasteiger partial charge >= 0.3 is 0 Å². The average Bonchev–Trinajstić information content (AvgIpc) is 3.15. The lowest BCUT2D eigenvalue weighted by molar-refractivity contribution is -0.384. The van der Waals surface area contributed by atoms with Crippen LogP contribution in [0.15, 0.2) is 77.6 Å². The molecule has 178 valence electrons. The van der Waals surface area contributed by atoms with Gasteiger partial charge in [0.25, 0.3) is 17.2 Å². The number of nitrogens with zero attached hydrogens (tertiary/aromatic N) is 3. The number of para-hydroxylation sites is 1. The largest absolute Gasteiger partial charge is 0.321 e. The van der Waals surface area contributed by atoms with E-state index in [9.17, 15) is 25.0 Å². The molecule has 9 heteroatoms. The van der Waals surface area contributed by atoms with Crippen LogP contribution in [0.4, 0.5) is 11.4 Å². The van der Waals surface area contributed by atoms with Crippen LogP contribution in [0.25, 0.3) is 17.3 Å². The normalized spacial score (nSPS) is 12.1. The maximum atomic E-state index is 13.4. The zero-order valence-electron chi connectivity index (χ0n) is 19.4. The number of nitro groups is 1. The van der Waals surface area contributed by atoms with E-state index >= 15 is 0 Å². The molecule has 4 aromatic rings. The van der Waals surface area contributed by atoms with E-state index in [-0.39, 0.29) is 20.5 Å². The highest BCUT2D eigenvalue weighted by Crippen LogP contribution is 2.15. The van der Waals surface area contributed by atoms with Crippen molar-refractivity contribution in [1.82, 2.24) is 4.57 Å². The van der Waals surface area contributed by atoms with Gasteiger partial charge in [-0.25, -0.2) is 0 Å². The highest BCUT2D eigenvalue weighted by Gasteiger charge is 2.17. The Morgan fingerprint density at radius 1 is 1.06 bits per heavy atom. The summed E-state index contributed by atoms with van der Waals surface area (Å²) in [4.78, 5) is 37.1. The van der Waals surface area contributed by atoms with Crippen molar-refractivity contribution in [3.8, 4) is 11.8 Å². The fourth-order valence-electron chi connectivity index (χ4n) is 3.74. The Hall–Kier alpha value is -4.81. The Morgan fingerprint density at radius 2 is 1.69 bits per heavy atom. The minimum absolute atomic E-state index is 0.0659. The van der Waals surface area contributed by atoms with E-state index in [2.05, 4.69) is 5.32 Å². The topological polar surface area (TPSA) is 118 Å². The fraction of sp³-hybridized carbons (Fsp3) is 0.0741. The van der Waals surface area contributed by atoms with E-state index in [1.165, 1.54) is 28.8 Å². The number of amides is 1. The number of aromatic nitrogens is 1. The summed E-state index contributed by atoms with van der Waals surface area (Å²) in [6, 6.07) is 22.0. The van der Waals surface area contributed by atoms with Gasteiger partial charge in [0.2, 0.25) is 0 Å². The van der Waals surface area contributed by atoms with Crippen molar-refractivity contribution in [2.24, 2.45) is 0 Å². The van der Waals surface area contributed by atoms with Gasteiger partial charge in [-0.2, -0.15) is 5.26 Å². The molecular weight excluding hydrogens is 476 g/mol. The number of non-ortho nitro benzene ring substituents is 1. The smallest absolute Gasteiger partial charge is 0.273 e. The number of hydrogen-bond donors (Lipinski definition) is 1. The van der Waals surface area contributed by atoms with Crippen molar-refractivity contribution in [3.63, 3.8) is 0 Å². The van der Waals surface area contributed by atoms with Crippen LogP contribution < -0.4 is 20.1 Å². The third-order valence-electron chi connectivity index (χ3n) is 5.27. The van der Waals surface area contributed by atoms with Crippen LogP contribution in [0.3, 0.4) is 0 Å². The SMILES string of the molecule is Cc1cc(C)cc(NC(=O)/C(C#N)=c2/s/c(=C/c3ccc([N+](=O)[O-])cc3)c(=O)n2-c2ccccc2)c1. The molecule has 0 aliphatic rings. The number of benzene rings is 3. The van der Waals surface area contributed by atoms with E-state index in [0.29, 0.717) is 16.9 Å². The first-order valence-corrected chi connectivity index (χ1v) is 11.7. The third-order valence-corrected chi connectivity index (χ3v) is 6.36. The minimum atomic E-state index is -0.629. The van der Waals surface area contributed by atoms with Gasteiger partial charge in [-0.05, 0) is 73.0 Å². The van der Waals surface area contributed by atoms with Gasteiger partial charge in [0.1, 0.15) is 10.7 Å². The summed E-state index contributed by atoms with van der Waals surface area (Å²) < 4.78 is 1.79. The first kappa shape index (κ1) is 24.3. The van der Waals surface area contributed by atoms with E-state index in [1.54, 1.807) is 48.5 Å². The molecule has 0 fully saturated rings. The Labute approximate surface area is 209 Å². The maximum absolute atomic E-state index is 13.4. The van der Waals surface area contributed by atoms with Gasteiger partial charge in [-0.1, -0.05) is 24.3 Å². The molecule has 1 heterocycles. The summed E-state index contributed by atoms with van der Waals surface area (Å²) in [6.45, 7) is 3.81. The molecule has 4 rings (SSSR count). The molecule has 0 atom stereocenters. The molecule has 1 amide bonds. The minimum Gasteiger partial charge on any atom is -0.321 e. The number of carbonyl (C=O) groups excluding carboxylic acids is 1. The molecule has 0 saturated carbocycles. The van der Waals surface area contributed by atoms with Crippen LogP contribution in [0, 0.1) is 35.3 Å². The zero-order chi connectivity index (χ0) is 25.8. The second-order valence-electron chi connectivity index (χ2n) is 8.06. The number of aryl methyl sites for hydroxylation is 2. The summed E-state index contributed by atoms with van der Waals surface area (Å²) >= 11 is 1.00. The summed E-state index contributed by atoms with van der Waals surface area (Å²) in [5.41, 5.74) is 2.86. The molecule has 0 saturated heterocycles. The predicted molar refractivity (Wildman–Crippen MR) is 139 cm³/mol. The van der Waals surface area contributed by atoms with E-state index in [0.717, 1.165) is 22.5 Å². The molecule has 0 aliphatic carbocycles. The van der Waals surface area contributed by atoms with Gasteiger partial charge < -0.3 is 5.32 Å². The zero-order valence-corrected chi connectivity index (χ0v) is 20.2. The molecule has 1 N–H and O–H groups in total. The first-order valence-electron chi connectivity index (χ1n) is 10.8. The summed E-state index contributed by atoms with van der Waals surface area (Å²) in [5, 5.41) is 23.7. The molecular formula is C27H20N4O4S. The van der Waals surface area contributed by atoms with Crippen LogP contribution in [-0.2, 0) is 4.79 Å². The highest BCUT2D eigenvalue weighted by molar-refractivity contribution is 7.07. The Bertz CT molecular complexity index is 1680. The van der Waals surface area contributed by atoms with Crippen molar-refractivity contribution >= 4 is 40.3 Å². The molecule has 0 spiro atoms. The predicted octanol–water partition coefficient (Wildman–Crippen LogP) is 3.57. The molecule has 0 bridgehead atoms. The van der Waals surface area contributed by atoms with Crippen LogP contribution >= 0.6 is 11.3 Å². The molecule has 36 heavy (non-hydrogen) atoms. The van der Waals surface area contributed by atoms with Crippen LogP contribution in [0.1, 0.15) is 16.7 Å². The van der Waals surface area contributed by atoms with Crippen molar-refractivity contribution < 1.29 is 9.72 Å². The van der Waals surface area contributed by atoms with E-state index in [4.69, 9.17) is 0 Å². The second kappa shape index (κ2) is 10.2. The van der Waals surface area contributed by atoms with Crippen molar-refractivity contribution in [1.29, 1.82) is 5.26 Å². The van der Waals surface area contributed by atoms with Gasteiger partial charge in [-0.15, -0.1) is 11.3 Å². The lowest BCUT2D eigenvalue weighted by Crippen LogP contribution is -2.32. The van der Waals surface area contributed by atoms with E-state index in [1.807, 2.05) is 26.0 Å². The highest BCUT2D eigenvalue weighted by atomic mass is 32.1. The number of hydrogen-bond acceptors (Lipinski definition) is 6. The number of rotatable bonds is 5. The summed E-state index contributed by atoms with van der Waals surface area (Å²) in [5.74, 6) is -0.629. The third kappa shape index (κ3) is 5.14. The number of carbonyl (C=O) groups is 1. The van der Waals surface area contributed by atoms with Gasteiger partial charge in [0.05, 0.1) is 15.1 Å². The second-order valence-corrected chi connectivity index (χ2v) is 9.09. The quantitative estimate of drug-likeness (QED) is 0.335. The van der Waals surface area contributed by atoms with Crippen molar-refractivity contribution in [3.05, 3.63) is 119 Å². The number of nitriles is 1. The average molecular weight is 497 g/mol. The molecule has 0 unspecified atom stereocenters. The number of nitro benzene ring substituents is 1. The molecule has 0 aliphatic heterocycles. The van der Waals surface area contributed by atoms with E-state index < -0.39 is 16.4 Å².